The maximum Gasteiger partial charge on any atom is 0.410 e. The first kappa shape index (κ1) is 27.6. The number of hydrogen-bond acceptors (Lipinski definition) is 8. The summed E-state index contributed by atoms with van der Waals surface area (Å²) in [7, 11) is 2.05. The van der Waals surface area contributed by atoms with Crippen LogP contribution in [0.3, 0.4) is 0 Å². The van der Waals surface area contributed by atoms with Gasteiger partial charge < -0.3 is 24.2 Å². The molecule has 2 aromatic rings. The van der Waals surface area contributed by atoms with Crippen LogP contribution in [-0.2, 0) is 4.74 Å². The second-order valence-corrected chi connectivity index (χ2v) is 11.6. The molecule has 0 N–H and O–H groups in total. The molecule has 0 bridgehead atoms. The molecule has 12 heteroatoms. The number of nitrogens with zero attached hydrogens (tertiary/aromatic N) is 6. The fraction of sp³-hybridized carbons (Fsp3) is 0.600. The van der Waals surface area contributed by atoms with Crippen molar-refractivity contribution >= 4 is 50.3 Å². The second-order valence-electron chi connectivity index (χ2n) is 10.4. The van der Waals surface area contributed by atoms with Gasteiger partial charge in [0.05, 0.1) is 28.0 Å². The Kier molecular flexibility index (Phi) is 8.31. The zero-order valence-electron chi connectivity index (χ0n) is 21.4. The van der Waals surface area contributed by atoms with Crippen LogP contribution in [0.25, 0.3) is 10.9 Å². The molecule has 1 aromatic heterocycles. The topological polar surface area (TPSA) is 94.8 Å². The minimum Gasteiger partial charge on any atom is -0.462 e. The summed E-state index contributed by atoms with van der Waals surface area (Å²) in [6.45, 7) is 7.80. The Labute approximate surface area is 229 Å². The molecule has 4 rings (SSSR count). The molecule has 2 fully saturated rings. The Hall–Kier alpha value is -2.42. The van der Waals surface area contributed by atoms with Gasteiger partial charge in [0, 0.05) is 31.1 Å². The van der Waals surface area contributed by atoms with Crippen molar-refractivity contribution in [1.82, 2.24) is 19.8 Å². The number of fused-ring (bicyclic) bond motifs is 1. The largest absolute Gasteiger partial charge is 0.462 e. The van der Waals surface area contributed by atoms with Crippen LogP contribution in [0.1, 0.15) is 40.0 Å². The van der Waals surface area contributed by atoms with Crippen LogP contribution in [0.5, 0.6) is 6.01 Å². The molecule has 1 unspecified atom stereocenters. The predicted molar refractivity (Wildman–Crippen MR) is 143 cm³/mol. The number of anilines is 1. The predicted octanol–water partition coefficient (Wildman–Crippen LogP) is 5.00. The lowest BCUT2D eigenvalue weighted by atomic mass is 10.1. The summed E-state index contributed by atoms with van der Waals surface area (Å²) >= 11 is 9.50. The molecule has 1 aromatic carbocycles. The highest BCUT2D eigenvalue weighted by atomic mass is 79.9. The lowest BCUT2D eigenvalue weighted by Gasteiger charge is -2.41. The van der Waals surface area contributed by atoms with Gasteiger partial charge >= 0.3 is 12.1 Å². The van der Waals surface area contributed by atoms with E-state index >= 15 is 4.39 Å². The van der Waals surface area contributed by atoms with Gasteiger partial charge in [0.1, 0.15) is 23.5 Å². The number of carbonyl (C=O) groups is 1. The number of likely N-dealkylation sites (tertiary alicyclic amines) is 1. The van der Waals surface area contributed by atoms with Crippen LogP contribution in [0, 0.1) is 17.1 Å². The number of aromatic nitrogens is 2. The highest BCUT2D eigenvalue weighted by Crippen LogP contribution is 2.37. The van der Waals surface area contributed by atoms with Gasteiger partial charge in [-0.25, -0.2) is 9.18 Å². The third-order valence-electron chi connectivity index (χ3n) is 6.60. The molecule has 0 aliphatic carbocycles. The van der Waals surface area contributed by atoms with Gasteiger partial charge in [-0.05, 0) is 69.2 Å². The quantitative estimate of drug-likeness (QED) is 0.445. The molecule has 0 spiro atoms. The van der Waals surface area contributed by atoms with Gasteiger partial charge in [-0.15, -0.1) is 0 Å². The number of ether oxygens (including phenoxy) is 2. The minimum absolute atomic E-state index is 0.0716. The normalized spacial score (nSPS) is 20.8. The average Bonchev–Trinajstić information content (AvgIpc) is 3.25. The number of hydrogen-bond donors (Lipinski definition) is 0. The lowest BCUT2D eigenvalue weighted by Crippen LogP contribution is -2.56. The minimum atomic E-state index is -0.657. The zero-order chi connectivity index (χ0) is 26.9. The van der Waals surface area contributed by atoms with Crippen LogP contribution >= 0.6 is 27.5 Å². The summed E-state index contributed by atoms with van der Waals surface area (Å²) in [5.41, 5.74) is -0.572. The Morgan fingerprint density at radius 3 is 2.70 bits per heavy atom. The fourth-order valence-electron chi connectivity index (χ4n) is 4.69. The van der Waals surface area contributed by atoms with Crippen molar-refractivity contribution in [2.75, 3.05) is 44.7 Å². The molecule has 37 heavy (non-hydrogen) atoms. The first-order chi connectivity index (χ1) is 17.5. The molecule has 0 saturated carbocycles. The van der Waals surface area contributed by atoms with Crippen LogP contribution in [0.15, 0.2) is 10.5 Å². The molecule has 2 saturated heterocycles. The van der Waals surface area contributed by atoms with Crippen molar-refractivity contribution in [1.29, 1.82) is 5.26 Å². The first-order valence-corrected chi connectivity index (χ1v) is 13.5. The summed E-state index contributed by atoms with van der Waals surface area (Å²) in [6, 6.07) is 3.65. The third-order valence-corrected chi connectivity index (χ3v) is 7.90. The Balaban J connectivity index is 1.67. The Morgan fingerprint density at radius 1 is 1.30 bits per heavy atom. The molecule has 200 valence electrons. The molecule has 3 heterocycles. The van der Waals surface area contributed by atoms with Crippen LogP contribution < -0.4 is 9.64 Å². The molecule has 1 amide bonds. The molecule has 9 nitrogen and oxygen atoms in total. The number of carbonyl (C=O) groups excluding carboxylic acids is 1. The number of nitriles is 1. The summed E-state index contributed by atoms with van der Waals surface area (Å²) in [6.07, 6.45) is 1.74. The highest BCUT2D eigenvalue weighted by molar-refractivity contribution is 9.10. The number of amides is 1. The summed E-state index contributed by atoms with van der Waals surface area (Å²) in [5, 5.41) is 10.1. The first-order valence-electron chi connectivity index (χ1n) is 12.3. The van der Waals surface area contributed by atoms with E-state index in [-0.39, 0.29) is 33.5 Å². The van der Waals surface area contributed by atoms with E-state index in [0.29, 0.717) is 37.4 Å². The SMILES string of the molecule is CN1CCC[C@H]1COc1nc(N2CCN(C(=O)OC(C)(C)C)C(CC#N)C2)c2cc(Cl)c(Br)c(F)c2n1. The van der Waals surface area contributed by atoms with E-state index in [1.54, 1.807) is 31.7 Å². The van der Waals surface area contributed by atoms with Gasteiger partial charge in [0.2, 0.25) is 0 Å². The smallest absolute Gasteiger partial charge is 0.410 e. The zero-order valence-corrected chi connectivity index (χ0v) is 23.8. The monoisotopic (exact) mass is 596 g/mol. The number of piperazine rings is 1. The van der Waals surface area contributed by atoms with Crippen LogP contribution in [0.2, 0.25) is 5.02 Å². The highest BCUT2D eigenvalue weighted by Gasteiger charge is 2.35. The summed E-state index contributed by atoms with van der Waals surface area (Å²) in [5.74, 6) is -0.158. The van der Waals surface area contributed by atoms with E-state index in [9.17, 15) is 10.1 Å². The van der Waals surface area contributed by atoms with Crippen LogP contribution in [0.4, 0.5) is 15.0 Å². The molecular weight excluding hydrogens is 567 g/mol. The number of rotatable bonds is 5. The van der Waals surface area contributed by atoms with E-state index in [1.807, 2.05) is 11.9 Å². The number of halogens is 3. The van der Waals surface area contributed by atoms with Gasteiger partial charge in [0.15, 0.2) is 5.82 Å². The fourth-order valence-corrected chi connectivity index (χ4v) is 5.19. The second kappa shape index (κ2) is 11.1. The molecule has 2 aliphatic heterocycles. The molecule has 0 radical (unpaired) electrons. The molecule has 2 atom stereocenters. The van der Waals surface area contributed by atoms with E-state index in [1.165, 1.54) is 0 Å². The van der Waals surface area contributed by atoms with E-state index in [0.717, 1.165) is 19.4 Å². The number of benzene rings is 1. The van der Waals surface area contributed by atoms with Crippen molar-refractivity contribution in [2.45, 2.75) is 57.7 Å². The molecule has 2 aliphatic rings. The van der Waals surface area contributed by atoms with E-state index in [2.05, 4.69) is 36.9 Å². The average molecular weight is 598 g/mol. The van der Waals surface area contributed by atoms with Crippen molar-refractivity contribution in [3.8, 4) is 12.1 Å². The van der Waals surface area contributed by atoms with Gasteiger partial charge in [0.25, 0.3) is 0 Å². The molecular formula is C25H31BrClFN6O3. The standard InChI is InChI=1S/C25H31BrClFN6O3/c1-25(2,3)37-24(35)34-11-10-33(13-15(34)7-8-29)22-17-12-18(27)19(26)20(28)21(17)30-23(31-22)36-14-16-6-5-9-32(16)4/h12,15-16H,5-7,9-11,13-14H2,1-4H3/t15?,16-/m0/s1. The van der Waals surface area contributed by atoms with Gasteiger partial charge in [-0.1, -0.05) is 11.6 Å². The lowest BCUT2D eigenvalue weighted by molar-refractivity contribution is 0.0145. The van der Waals surface area contributed by atoms with Crippen LogP contribution in [-0.4, -0.2) is 83.4 Å². The maximum absolute atomic E-state index is 15.3. The third kappa shape index (κ3) is 6.19. The summed E-state index contributed by atoms with van der Waals surface area (Å²) < 4.78 is 26.9. The van der Waals surface area contributed by atoms with Crippen molar-refractivity contribution in [3.63, 3.8) is 0 Å². The van der Waals surface area contributed by atoms with Gasteiger partial charge in [-0.2, -0.15) is 15.2 Å². The Bertz CT molecular complexity index is 1220. The Morgan fingerprint density at radius 2 is 2.05 bits per heavy atom. The van der Waals surface area contributed by atoms with Crippen molar-refractivity contribution in [2.24, 2.45) is 0 Å². The van der Waals surface area contributed by atoms with Gasteiger partial charge in [-0.3, -0.25) is 0 Å². The van der Waals surface area contributed by atoms with Crippen molar-refractivity contribution < 1.29 is 18.7 Å². The van der Waals surface area contributed by atoms with E-state index < -0.39 is 23.6 Å². The maximum atomic E-state index is 15.3. The summed E-state index contributed by atoms with van der Waals surface area (Å²) in [4.78, 5) is 27.6. The van der Waals surface area contributed by atoms with Crippen molar-refractivity contribution in [3.05, 3.63) is 21.4 Å². The van der Waals surface area contributed by atoms with E-state index in [4.69, 9.17) is 21.1 Å². The number of likely N-dealkylation sites (N-methyl/N-ethyl adjacent to an activating group) is 1.